The first kappa shape index (κ1) is 20.4. The number of nitrogens with zero attached hydrogens (tertiary/aromatic N) is 1. The molecule has 1 aliphatic heterocycles. The van der Waals surface area contributed by atoms with Gasteiger partial charge in [-0.3, -0.25) is 19.3 Å². The lowest BCUT2D eigenvalue weighted by atomic mass is 9.90. The van der Waals surface area contributed by atoms with E-state index in [0.29, 0.717) is 18.0 Å². The van der Waals surface area contributed by atoms with Crippen LogP contribution in [0.2, 0.25) is 0 Å². The van der Waals surface area contributed by atoms with Crippen molar-refractivity contribution in [1.29, 1.82) is 0 Å². The molecule has 1 aromatic rings. The number of benzene rings is 1. The van der Waals surface area contributed by atoms with Crippen LogP contribution < -0.4 is 16.0 Å². The zero-order chi connectivity index (χ0) is 20.2. The van der Waals surface area contributed by atoms with E-state index in [1.54, 1.807) is 13.8 Å². The summed E-state index contributed by atoms with van der Waals surface area (Å²) in [5.41, 5.74) is 0.545. The minimum atomic E-state index is -1.23. The van der Waals surface area contributed by atoms with Gasteiger partial charge in [-0.05, 0) is 30.9 Å². The maximum atomic E-state index is 12.8. The molecule has 0 aliphatic carbocycles. The topological polar surface area (TPSA) is 108 Å². The molecule has 27 heavy (non-hydrogen) atoms. The smallest absolute Gasteiger partial charge is 0.325 e. The van der Waals surface area contributed by atoms with Gasteiger partial charge in [-0.15, -0.1) is 0 Å². The lowest BCUT2D eigenvalue weighted by Crippen LogP contribution is -2.45. The van der Waals surface area contributed by atoms with E-state index in [0.717, 1.165) is 10.5 Å². The number of nitrogens with one attached hydrogen (secondary N) is 3. The number of hydrogen-bond donors (Lipinski definition) is 3. The third-order valence-electron chi connectivity index (χ3n) is 4.55. The van der Waals surface area contributed by atoms with Crippen LogP contribution in [-0.2, 0) is 19.9 Å². The number of carbonyl (C=O) groups is 4. The molecule has 3 N–H and O–H groups in total. The van der Waals surface area contributed by atoms with Gasteiger partial charge in [-0.25, -0.2) is 4.79 Å². The van der Waals surface area contributed by atoms with Crippen molar-refractivity contribution in [1.82, 2.24) is 20.9 Å². The standard InChI is InChI=1S/C19H26N4O4/c1-5-20-15(24)10-21-16(25)11-23-17(26)19(4,22-18(23)27)14-8-6-13(7-9-14)12(2)3/h6-9,12H,5,10-11H2,1-4H3,(H,20,24)(H,21,25)(H,22,27)/t19-/m0/s1. The van der Waals surface area contributed by atoms with E-state index in [9.17, 15) is 19.2 Å². The van der Waals surface area contributed by atoms with E-state index in [4.69, 9.17) is 0 Å². The summed E-state index contributed by atoms with van der Waals surface area (Å²) in [7, 11) is 0. The van der Waals surface area contributed by atoms with Gasteiger partial charge < -0.3 is 16.0 Å². The van der Waals surface area contributed by atoms with Crippen LogP contribution in [-0.4, -0.2) is 48.3 Å². The molecule has 0 unspecified atom stereocenters. The van der Waals surface area contributed by atoms with Crippen LogP contribution in [0.1, 0.15) is 44.7 Å². The van der Waals surface area contributed by atoms with E-state index < -0.39 is 29.9 Å². The Balaban J connectivity index is 2.07. The number of carbonyl (C=O) groups excluding carboxylic acids is 4. The van der Waals surface area contributed by atoms with Crippen molar-refractivity contribution >= 4 is 23.8 Å². The molecule has 0 spiro atoms. The first-order valence-corrected chi connectivity index (χ1v) is 8.97. The van der Waals surface area contributed by atoms with Crippen LogP contribution in [0.15, 0.2) is 24.3 Å². The van der Waals surface area contributed by atoms with E-state index >= 15 is 0 Å². The minimum absolute atomic E-state index is 0.204. The van der Waals surface area contributed by atoms with Gasteiger partial charge >= 0.3 is 6.03 Å². The molecule has 1 atom stereocenters. The Labute approximate surface area is 158 Å². The maximum Gasteiger partial charge on any atom is 0.325 e. The number of imide groups is 1. The lowest BCUT2D eigenvalue weighted by molar-refractivity contribution is -0.135. The van der Waals surface area contributed by atoms with Crippen molar-refractivity contribution in [3.63, 3.8) is 0 Å². The van der Waals surface area contributed by atoms with Crippen LogP contribution in [0.25, 0.3) is 0 Å². The fraction of sp³-hybridized carbons (Fsp3) is 0.474. The number of rotatable bonds is 7. The van der Waals surface area contributed by atoms with Crippen LogP contribution in [0.3, 0.4) is 0 Å². The highest BCUT2D eigenvalue weighted by molar-refractivity contribution is 6.09. The van der Waals surface area contributed by atoms with Gasteiger partial charge in [0.25, 0.3) is 5.91 Å². The molecule has 8 nitrogen and oxygen atoms in total. The van der Waals surface area contributed by atoms with Crippen molar-refractivity contribution < 1.29 is 19.2 Å². The number of likely N-dealkylation sites (N-methyl/N-ethyl adjacent to an activating group) is 1. The summed E-state index contributed by atoms with van der Waals surface area (Å²) in [6, 6.07) is 6.83. The highest BCUT2D eigenvalue weighted by atomic mass is 16.2. The van der Waals surface area contributed by atoms with Gasteiger partial charge in [0.1, 0.15) is 12.1 Å². The van der Waals surface area contributed by atoms with Crippen molar-refractivity contribution in [2.24, 2.45) is 0 Å². The second-order valence-electron chi connectivity index (χ2n) is 6.95. The molecule has 0 saturated carbocycles. The Hall–Kier alpha value is -2.90. The lowest BCUT2D eigenvalue weighted by Gasteiger charge is -2.22. The second-order valence-corrected chi connectivity index (χ2v) is 6.95. The van der Waals surface area contributed by atoms with Crippen LogP contribution >= 0.6 is 0 Å². The van der Waals surface area contributed by atoms with Crippen molar-refractivity contribution in [2.75, 3.05) is 19.6 Å². The van der Waals surface area contributed by atoms with E-state index in [1.807, 2.05) is 24.3 Å². The van der Waals surface area contributed by atoms with Gasteiger partial charge in [0.2, 0.25) is 11.8 Å². The average molecular weight is 374 g/mol. The molecule has 1 aromatic carbocycles. The molecular weight excluding hydrogens is 348 g/mol. The Morgan fingerprint density at radius 1 is 1.11 bits per heavy atom. The van der Waals surface area contributed by atoms with Crippen LogP contribution in [0, 0.1) is 0 Å². The van der Waals surface area contributed by atoms with E-state index in [1.165, 1.54) is 0 Å². The molecule has 2 rings (SSSR count). The first-order chi connectivity index (χ1) is 12.7. The molecular formula is C19H26N4O4. The zero-order valence-electron chi connectivity index (χ0n) is 16.1. The molecule has 1 saturated heterocycles. The molecule has 1 heterocycles. The highest BCUT2D eigenvalue weighted by Crippen LogP contribution is 2.29. The Morgan fingerprint density at radius 2 is 1.74 bits per heavy atom. The quantitative estimate of drug-likeness (QED) is 0.614. The molecule has 0 aromatic heterocycles. The summed E-state index contributed by atoms with van der Waals surface area (Å²) in [6.45, 7) is 7.33. The molecule has 1 aliphatic rings. The first-order valence-electron chi connectivity index (χ1n) is 8.97. The fourth-order valence-corrected chi connectivity index (χ4v) is 2.88. The van der Waals surface area contributed by atoms with Gasteiger partial charge in [-0.2, -0.15) is 0 Å². The Morgan fingerprint density at radius 3 is 2.30 bits per heavy atom. The minimum Gasteiger partial charge on any atom is -0.355 e. The summed E-state index contributed by atoms with van der Waals surface area (Å²) in [5, 5.41) is 7.61. The average Bonchev–Trinajstić information content (AvgIpc) is 2.84. The highest BCUT2D eigenvalue weighted by Gasteiger charge is 2.49. The molecule has 0 radical (unpaired) electrons. The predicted molar refractivity (Wildman–Crippen MR) is 99.8 cm³/mol. The zero-order valence-corrected chi connectivity index (χ0v) is 16.1. The van der Waals surface area contributed by atoms with E-state index in [-0.39, 0.29) is 12.5 Å². The van der Waals surface area contributed by atoms with Crippen molar-refractivity contribution in [2.45, 2.75) is 39.2 Å². The van der Waals surface area contributed by atoms with Crippen LogP contribution in [0.5, 0.6) is 0 Å². The number of urea groups is 1. The van der Waals surface area contributed by atoms with Crippen LogP contribution in [0.4, 0.5) is 4.79 Å². The normalized spacial score (nSPS) is 19.2. The molecule has 5 amide bonds. The Kier molecular flexibility index (Phi) is 6.20. The summed E-state index contributed by atoms with van der Waals surface area (Å²) in [4.78, 5) is 49.3. The fourth-order valence-electron chi connectivity index (χ4n) is 2.88. The third kappa shape index (κ3) is 4.45. The molecule has 8 heteroatoms. The van der Waals surface area contributed by atoms with Gasteiger partial charge in [0, 0.05) is 6.54 Å². The molecule has 1 fully saturated rings. The number of amides is 5. The summed E-state index contributed by atoms with van der Waals surface area (Å²) in [5.74, 6) is -1.06. The SMILES string of the molecule is CCNC(=O)CNC(=O)CN1C(=O)N[C@@](C)(c2ccc(C(C)C)cc2)C1=O. The maximum absolute atomic E-state index is 12.8. The monoisotopic (exact) mass is 374 g/mol. The second kappa shape index (κ2) is 8.20. The molecule has 0 bridgehead atoms. The summed E-state index contributed by atoms with van der Waals surface area (Å²) >= 11 is 0. The van der Waals surface area contributed by atoms with Crippen molar-refractivity contribution in [3.8, 4) is 0 Å². The summed E-state index contributed by atoms with van der Waals surface area (Å²) in [6.07, 6.45) is 0. The van der Waals surface area contributed by atoms with Gasteiger partial charge in [-0.1, -0.05) is 38.1 Å². The largest absolute Gasteiger partial charge is 0.355 e. The van der Waals surface area contributed by atoms with Gasteiger partial charge in [0.15, 0.2) is 0 Å². The van der Waals surface area contributed by atoms with Crippen molar-refractivity contribution in [3.05, 3.63) is 35.4 Å². The van der Waals surface area contributed by atoms with Gasteiger partial charge in [0.05, 0.1) is 6.54 Å². The molecule has 146 valence electrons. The Bertz CT molecular complexity index is 745. The number of hydrogen-bond acceptors (Lipinski definition) is 4. The third-order valence-corrected chi connectivity index (χ3v) is 4.55. The summed E-state index contributed by atoms with van der Waals surface area (Å²) < 4.78 is 0. The predicted octanol–water partition coefficient (Wildman–Crippen LogP) is 0.829. The van der Waals surface area contributed by atoms with E-state index in [2.05, 4.69) is 29.8 Å².